The number of aromatic nitrogens is 2. The van der Waals surface area contributed by atoms with E-state index in [1.807, 2.05) is 22.7 Å². The number of rotatable bonds is 2. The minimum absolute atomic E-state index is 0.0293. The molecule has 3 heterocycles. The van der Waals surface area contributed by atoms with Gasteiger partial charge in [-0.25, -0.2) is 0 Å². The third-order valence-electron chi connectivity index (χ3n) is 6.31. The summed E-state index contributed by atoms with van der Waals surface area (Å²) in [7, 11) is 1.90. The number of carbonyl (C=O) groups excluding carboxylic acids is 1. The van der Waals surface area contributed by atoms with E-state index in [2.05, 4.69) is 65.5 Å². The molecule has 2 aliphatic rings. The maximum absolute atomic E-state index is 13.3. The number of benzene rings is 2. The molecule has 0 radical (unpaired) electrons. The summed E-state index contributed by atoms with van der Waals surface area (Å²) in [4.78, 5) is 17.8. The maximum atomic E-state index is 13.3. The quantitative estimate of drug-likeness (QED) is 0.677. The van der Waals surface area contributed by atoms with Gasteiger partial charge in [0.25, 0.3) is 5.91 Å². The van der Waals surface area contributed by atoms with E-state index in [1.165, 1.54) is 16.7 Å². The molecule has 0 aliphatic carbocycles. The van der Waals surface area contributed by atoms with Crippen molar-refractivity contribution >= 4 is 5.91 Å². The first-order valence-corrected chi connectivity index (χ1v) is 10.3. The summed E-state index contributed by atoms with van der Waals surface area (Å²) in [5, 5.41) is 4.54. The van der Waals surface area contributed by atoms with Gasteiger partial charge in [-0.05, 0) is 36.1 Å². The van der Waals surface area contributed by atoms with Crippen molar-refractivity contribution in [3.8, 4) is 11.3 Å². The molecule has 1 aromatic heterocycles. The molecule has 29 heavy (non-hydrogen) atoms. The first kappa shape index (κ1) is 18.1. The van der Waals surface area contributed by atoms with E-state index in [1.54, 1.807) is 0 Å². The number of amides is 1. The molecule has 1 unspecified atom stereocenters. The molecular formula is C24H26N4O. The van der Waals surface area contributed by atoms with E-state index >= 15 is 0 Å². The minimum atomic E-state index is 0.0293. The number of nitrogens with zero attached hydrogens (tertiary/aromatic N) is 4. The van der Waals surface area contributed by atoms with Gasteiger partial charge in [-0.2, -0.15) is 5.10 Å². The molecular weight excluding hydrogens is 360 g/mol. The summed E-state index contributed by atoms with van der Waals surface area (Å²) in [6, 6.07) is 19.2. The lowest BCUT2D eigenvalue weighted by atomic mass is 9.91. The Bertz CT molecular complexity index is 1050. The van der Waals surface area contributed by atoms with Crippen LogP contribution in [-0.2, 0) is 13.5 Å². The van der Waals surface area contributed by atoms with Gasteiger partial charge >= 0.3 is 0 Å². The average molecular weight is 386 g/mol. The van der Waals surface area contributed by atoms with E-state index in [0.717, 1.165) is 43.9 Å². The van der Waals surface area contributed by atoms with Crippen molar-refractivity contribution in [3.05, 3.63) is 77.0 Å². The number of aryl methyl sites for hydroxylation is 2. The highest BCUT2D eigenvalue weighted by molar-refractivity contribution is 5.93. The summed E-state index contributed by atoms with van der Waals surface area (Å²) >= 11 is 0. The van der Waals surface area contributed by atoms with E-state index < -0.39 is 0 Å². The molecule has 3 aromatic rings. The first-order valence-electron chi connectivity index (χ1n) is 10.3. The van der Waals surface area contributed by atoms with E-state index in [0.29, 0.717) is 5.69 Å². The van der Waals surface area contributed by atoms with Crippen LogP contribution in [0, 0.1) is 6.92 Å². The summed E-state index contributed by atoms with van der Waals surface area (Å²) < 4.78 is 1.81. The summed E-state index contributed by atoms with van der Waals surface area (Å²) in [5.74, 6) is 0.0293. The Hall–Kier alpha value is -2.92. The van der Waals surface area contributed by atoms with Crippen molar-refractivity contribution in [2.45, 2.75) is 19.4 Å². The van der Waals surface area contributed by atoms with E-state index in [4.69, 9.17) is 0 Å². The standard InChI is InChI=1S/C24H26N4O/c1-17-7-9-19(10-8-17)22-15-21(25-26(22)2)24(29)28-14-13-27-12-11-18-5-3-4-6-20(18)23(27)16-28/h3-10,15,23H,11-14,16H2,1-2H3. The van der Waals surface area contributed by atoms with Crippen molar-refractivity contribution in [2.75, 3.05) is 26.2 Å². The van der Waals surface area contributed by atoms with Crippen LogP contribution in [-0.4, -0.2) is 51.7 Å². The Labute approximate surface area is 171 Å². The smallest absolute Gasteiger partial charge is 0.274 e. The predicted molar refractivity (Wildman–Crippen MR) is 114 cm³/mol. The number of piperazine rings is 1. The van der Waals surface area contributed by atoms with Gasteiger partial charge in [0.1, 0.15) is 0 Å². The molecule has 2 aliphatic heterocycles. The second-order valence-corrected chi connectivity index (χ2v) is 8.16. The first-order chi connectivity index (χ1) is 14.1. The highest BCUT2D eigenvalue weighted by atomic mass is 16.2. The molecule has 1 saturated heterocycles. The van der Waals surface area contributed by atoms with Crippen LogP contribution in [0.1, 0.15) is 33.2 Å². The molecule has 0 N–H and O–H groups in total. The van der Waals surface area contributed by atoms with Crippen LogP contribution in [0.15, 0.2) is 54.6 Å². The van der Waals surface area contributed by atoms with Gasteiger partial charge < -0.3 is 4.90 Å². The van der Waals surface area contributed by atoms with Crippen molar-refractivity contribution in [3.63, 3.8) is 0 Å². The molecule has 0 saturated carbocycles. The molecule has 148 valence electrons. The van der Waals surface area contributed by atoms with Crippen LogP contribution in [0.5, 0.6) is 0 Å². The maximum Gasteiger partial charge on any atom is 0.274 e. The number of hydrogen-bond acceptors (Lipinski definition) is 3. The molecule has 1 atom stereocenters. The Morgan fingerprint density at radius 2 is 1.83 bits per heavy atom. The van der Waals surface area contributed by atoms with Crippen molar-refractivity contribution in [1.82, 2.24) is 19.6 Å². The third-order valence-corrected chi connectivity index (χ3v) is 6.31. The fourth-order valence-electron chi connectivity index (χ4n) is 4.65. The Morgan fingerprint density at radius 1 is 1.03 bits per heavy atom. The number of hydrogen-bond donors (Lipinski definition) is 0. The van der Waals surface area contributed by atoms with Crippen LogP contribution in [0.2, 0.25) is 0 Å². The lowest BCUT2D eigenvalue weighted by molar-refractivity contribution is 0.0448. The predicted octanol–water partition coefficient (Wildman–Crippen LogP) is 3.45. The largest absolute Gasteiger partial charge is 0.334 e. The molecule has 0 spiro atoms. The molecule has 0 bridgehead atoms. The normalized spacial score (nSPS) is 19.0. The lowest BCUT2D eigenvalue weighted by Gasteiger charge is -2.44. The third kappa shape index (κ3) is 3.25. The van der Waals surface area contributed by atoms with Crippen molar-refractivity contribution < 1.29 is 4.79 Å². The number of carbonyl (C=O) groups is 1. The van der Waals surface area contributed by atoms with Crippen molar-refractivity contribution in [1.29, 1.82) is 0 Å². The molecule has 1 fully saturated rings. The zero-order valence-electron chi connectivity index (χ0n) is 17.0. The Kier molecular flexibility index (Phi) is 4.47. The Morgan fingerprint density at radius 3 is 2.66 bits per heavy atom. The molecule has 1 amide bonds. The lowest BCUT2D eigenvalue weighted by Crippen LogP contribution is -2.52. The van der Waals surface area contributed by atoms with Crippen LogP contribution >= 0.6 is 0 Å². The van der Waals surface area contributed by atoms with Crippen LogP contribution in [0.3, 0.4) is 0 Å². The van der Waals surface area contributed by atoms with E-state index in [-0.39, 0.29) is 11.9 Å². The zero-order chi connectivity index (χ0) is 20.0. The minimum Gasteiger partial charge on any atom is -0.334 e. The van der Waals surface area contributed by atoms with Gasteiger partial charge in [-0.3, -0.25) is 14.4 Å². The van der Waals surface area contributed by atoms with Gasteiger partial charge in [0, 0.05) is 33.2 Å². The van der Waals surface area contributed by atoms with Gasteiger partial charge in [0.2, 0.25) is 0 Å². The van der Waals surface area contributed by atoms with E-state index in [9.17, 15) is 4.79 Å². The molecule has 2 aromatic carbocycles. The van der Waals surface area contributed by atoms with Crippen LogP contribution in [0.25, 0.3) is 11.3 Å². The van der Waals surface area contributed by atoms with Crippen molar-refractivity contribution in [2.24, 2.45) is 7.05 Å². The zero-order valence-corrected chi connectivity index (χ0v) is 17.0. The average Bonchev–Trinajstić information content (AvgIpc) is 3.15. The summed E-state index contributed by atoms with van der Waals surface area (Å²) in [6.45, 7) is 5.55. The highest BCUT2D eigenvalue weighted by Gasteiger charge is 2.35. The SMILES string of the molecule is Cc1ccc(-c2cc(C(=O)N3CCN4CCc5ccccc5C4C3)nn2C)cc1. The van der Waals surface area contributed by atoms with Gasteiger partial charge in [-0.15, -0.1) is 0 Å². The molecule has 5 rings (SSSR count). The fraction of sp³-hybridized carbons (Fsp3) is 0.333. The Balaban J connectivity index is 1.39. The monoisotopic (exact) mass is 386 g/mol. The number of fused-ring (bicyclic) bond motifs is 3. The van der Waals surface area contributed by atoms with Gasteiger partial charge in [0.15, 0.2) is 5.69 Å². The van der Waals surface area contributed by atoms with Crippen LogP contribution < -0.4 is 0 Å². The highest BCUT2D eigenvalue weighted by Crippen LogP contribution is 2.33. The second-order valence-electron chi connectivity index (χ2n) is 8.16. The van der Waals surface area contributed by atoms with Gasteiger partial charge in [0.05, 0.1) is 11.7 Å². The molecule has 5 heteroatoms. The topological polar surface area (TPSA) is 41.4 Å². The fourth-order valence-corrected chi connectivity index (χ4v) is 4.65. The van der Waals surface area contributed by atoms with Gasteiger partial charge in [-0.1, -0.05) is 54.1 Å². The summed E-state index contributed by atoms with van der Waals surface area (Å²) in [6.07, 6.45) is 1.10. The van der Waals surface area contributed by atoms with Crippen LogP contribution in [0.4, 0.5) is 0 Å². The summed E-state index contributed by atoms with van der Waals surface area (Å²) in [5.41, 5.74) is 6.59. The second kappa shape index (κ2) is 7.16. The molecule has 5 nitrogen and oxygen atoms in total.